The summed E-state index contributed by atoms with van der Waals surface area (Å²) in [6, 6.07) is 7.87. The molecule has 1 aliphatic heterocycles. The second kappa shape index (κ2) is 10.1. The van der Waals surface area contributed by atoms with Crippen molar-refractivity contribution >= 4 is 5.90 Å². The van der Waals surface area contributed by atoms with Gasteiger partial charge in [-0.3, -0.25) is 0 Å². The van der Waals surface area contributed by atoms with Crippen molar-refractivity contribution in [3.63, 3.8) is 0 Å². The maximum Gasteiger partial charge on any atom is 0.216 e. The molecule has 1 aromatic heterocycles. The Labute approximate surface area is 159 Å². The Bertz CT molecular complexity index is 757. The fourth-order valence-electron chi connectivity index (χ4n) is 2.72. The molecule has 146 valence electrons. The minimum Gasteiger partial charge on any atom is -0.491 e. The average molecular weight is 374 g/mol. The van der Waals surface area contributed by atoms with E-state index in [-0.39, 0.29) is 6.79 Å². The second-order valence-corrected chi connectivity index (χ2v) is 6.34. The van der Waals surface area contributed by atoms with E-state index < -0.39 is 0 Å². The second-order valence-electron chi connectivity index (χ2n) is 6.34. The minimum absolute atomic E-state index is 0.258. The Kier molecular flexibility index (Phi) is 7.24. The molecule has 0 unspecified atom stereocenters. The Balaban J connectivity index is 1.25. The summed E-state index contributed by atoms with van der Waals surface area (Å²) in [5.74, 6) is 2.44. The molecule has 7 heteroatoms. The molecule has 0 saturated carbocycles. The van der Waals surface area contributed by atoms with Crippen LogP contribution in [0, 0.1) is 13.8 Å². The summed E-state index contributed by atoms with van der Waals surface area (Å²) in [7, 11) is 0. The van der Waals surface area contributed by atoms with Gasteiger partial charge in [-0.25, -0.2) is 4.99 Å². The lowest BCUT2D eigenvalue weighted by Crippen LogP contribution is -2.10. The maximum atomic E-state index is 5.76. The number of aliphatic imine (C=N–C) groups is 1. The van der Waals surface area contributed by atoms with Crippen LogP contribution in [0.2, 0.25) is 0 Å². The molecule has 2 heterocycles. The molecule has 0 amide bonds. The topological polar surface area (TPSA) is 75.3 Å². The Hall–Kier alpha value is -2.38. The number of rotatable bonds is 11. The lowest BCUT2D eigenvalue weighted by atomic mass is 10.1. The van der Waals surface area contributed by atoms with Gasteiger partial charge in [0.05, 0.1) is 18.8 Å². The highest BCUT2D eigenvalue weighted by atomic mass is 16.7. The Morgan fingerprint density at radius 3 is 2.70 bits per heavy atom. The molecule has 3 rings (SSSR count). The SMILES string of the molecule is Cc1cc(CCCOCOCCOc2ccc(C3=NCCO3)cc2C)on1. The highest BCUT2D eigenvalue weighted by Crippen LogP contribution is 2.20. The van der Waals surface area contributed by atoms with Gasteiger partial charge < -0.3 is 23.5 Å². The van der Waals surface area contributed by atoms with E-state index in [2.05, 4.69) is 10.1 Å². The van der Waals surface area contributed by atoms with Crippen molar-refractivity contribution in [3.05, 3.63) is 46.8 Å². The van der Waals surface area contributed by atoms with Crippen LogP contribution in [0.5, 0.6) is 5.75 Å². The number of aromatic nitrogens is 1. The smallest absolute Gasteiger partial charge is 0.216 e. The summed E-state index contributed by atoms with van der Waals surface area (Å²) in [4.78, 5) is 4.32. The van der Waals surface area contributed by atoms with Crippen molar-refractivity contribution < 1.29 is 23.5 Å². The van der Waals surface area contributed by atoms with Crippen molar-refractivity contribution in [2.24, 2.45) is 4.99 Å². The number of ether oxygens (including phenoxy) is 4. The summed E-state index contributed by atoms with van der Waals surface area (Å²) in [5, 5.41) is 3.85. The molecular weight excluding hydrogens is 348 g/mol. The summed E-state index contributed by atoms with van der Waals surface area (Å²) in [6.45, 7) is 7.12. The maximum absolute atomic E-state index is 5.76. The predicted molar refractivity (Wildman–Crippen MR) is 100 cm³/mol. The van der Waals surface area contributed by atoms with Gasteiger partial charge in [0, 0.05) is 24.7 Å². The van der Waals surface area contributed by atoms with Crippen LogP contribution in [0.15, 0.2) is 33.8 Å². The molecule has 0 aliphatic carbocycles. The highest BCUT2D eigenvalue weighted by molar-refractivity contribution is 5.95. The van der Waals surface area contributed by atoms with E-state index in [0.717, 1.165) is 47.7 Å². The Morgan fingerprint density at radius 1 is 1.07 bits per heavy atom. The van der Waals surface area contributed by atoms with Crippen LogP contribution in [0.25, 0.3) is 0 Å². The van der Waals surface area contributed by atoms with Crippen LogP contribution in [-0.2, 0) is 20.6 Å². The monoisotopic (exact) mass is 374 g/mol. The standard InChI is InChI=1S/C20H26N2O5/c1-15-12-17(20-21-7-9-26-20)5-6-19(15)25-11-10-24-14-23-8-3-4-18-13-16(2)22-27-18/h5-6,12-13H,3-4,7-11,14H2,1-2H3. The number of nitrogens with zero attached hydrogens (tertiary/aromatic N) is 2. The molecule has 0 N–H and O–H groups in total. The van der Waals surface area contributed by atoms with E-state index >= 15 is 0 Å². The van der Waals surface area contributed by atoms with Gasteiger partial charge in [-0.1, -0.05) is 5.16 Å². The molecule has 1 aliphatic rings. The normalized spacial score (nSPS) is 13.5. The van der Waals surface area contributed by atoms with Crippen LogP contribution in [0.3, 0.4) is 0 Å². The lowest BCUT2D eigenvalue weighted by molar-refractivity contribution is -0.0609. The van der Waals surface area contributed by atoms with E-state index in [1.807, 2.05) is 38.1 Å². The van der Waals surface area contributed by atoms with Crippen LogP contribution in [0.1, 0.15) is 29.0 Å². The van der Waals surface area contributed by atoms with Crippen LogP contribution < -0.4 is 4.74 Å². The molecule has 7 nitrogen and oxygen atoms in total. The number of benzene rings is 1. The van der Waals surface area contributed by atoms with Gasteiger partial charge >= 0.3 is 0 Å². The van der Waals surface area contributed by atoms with Gasteiger partial charge in [0.25, 0.3) is 0 Å². The average Bonchev–Trinajstić information content (AvgIpc) is 3.33. The van der Waals surface area contributed by atoms with Gasteiger partial charge in [0.2, 0.25) is 5.90 Å². The van der Waals surface area contributed by atoms with Gasteiger partial charge in [-0.15, -0.1) is 0 Å². The summed E-state index contributed by atoms with van der Waals surface area (Å²) < 4.78 is 27.3. The molecule has 2 aromatic rings. The first-order valence-corrected chi connectivity index (χ1v) is 9.21. The highest BCUT2D eigenvalue weighted by Gasteiger charge is 2.11. The van der Waals surface area contributed by atoms with Crippen LogP contribution in [-0.4, -0.2) is 50.8 Å². The van der Waals surface area contributed by atoms with Gasteiger partial charge in [0.1, 0.15) is 31.5 Å². The van der Waals surface area contributed by atoms with Crippen molar-refractivity contribution in [1.82, 2.24) is 5.16 Å². The zero-order valence-electron chi connectivity index (χ0n) is 15.9. The fourth-order valence-corrected chi connectivity index (χ4v) is 2.72. The third kappa shape index (κ3) is 6.08. The van der Waals surface area contributed by atoms with Crippen molar-refractivity contribution in [2.45, 2.75) is 26.7 Å². The minimum atomic E-state index is 0.258. The summed E-state index contributed by atoms with van der Waals surface area (Å²) in [5.41, 5.74) is 2.94. The largest absolute Gasteiger partial charge is 0.491 e. The zero-order chi connectivity index (χ0) is 18.9. The molecular formula is C20H26N2O5. The molecule has 0 saturated heterocycles. The number of aryl methyl sites for hydroxylation is 3. The van der Waals surface area contributed by atoms with Crippen molar-refractivity contribution in [3.8, 4) is 5.75 Å². The van der Waals surface area contributed by atoms with Gasteiger partial charge in [0.15, 0.2) is 0 Å². The number of hydrogen-bond acceptors (Lipinski definition) is 7. The first kappa shape index (κ1) is 19.4. The fraction of sp³-hybridized carbons (Fsp3) is 0.500. The third-order valence-corrected chi connectivity index (χ3v) is 4.05. The zero-order valence-corrected chi connectivity index (χ0v) is 15.9. The molecule has 1 aromatic carbocycles. The van der Waals surface area contributed by atoms with E-state index in [1.54, 1.807) is 0 Å². The number of hydrogen-bond donors (Lipinski definition) is 0. The van der Waals surface area contributed by atoms with E-state index in [1.165, 1.54) is 0 Å². The molecule has 0 fully saturated rings. The first-order chi connectivity index (χ1) is 13.2. The van der Waals surface area contributed by atoms with E-state index in [4.69, 9.17) is 23.5 Å². The van der Waals surface area contributed by atoms with Crippen molar-refractivity contribution in [1.29, 1.82) is 0 Å². The van der Waals surface area contributed by atoms with E-state index in [0.29, 0.717) is 32.3 Å². The molecule has 0 atom stereocenters. The molecule has 0 radical (unpaired) electrons. The first-order valence-electron chi connectivity index (χ1n) is 9.21. The van der Waals surface area contributed by atoms with Gasteiger partial charge in [-0.05, 0) is 44.0 Å². The summed E-state index contributed by atoms with van der Waals surface area (Å²) >= 11 is 0. The quantitative estimate of drug-likeness (QED) is 0.444. The molecule has 0 spiro atoms. The molecule has 0 bridgehead atoms. The Morgan fingerprint density at radius 2 is 1.96 bits per heavy atom. The lowest BCUT2D eigenvalue weighted by Gasteiger charge is -2.11. The predicted octanol–water partition coefficient (Wildman–Crippen LogP) is 3.07. The van der Waals surface area contributed by atoms with Crippen LogP contribution >= 0.6 is 0 Å². The van der Waals surface area contributed by atoms with Gasteiger partial charge in [-0.2, -0.15) is 0 Å². The summed E-state index contributed by atoms with van der Waals surface area (Å²) in [6.07, 6.45) is 1.69. The van der Waals surface area contributed by atoms with E-state index in [9.17, 15) is 0 Å². The van der Waals surface area contributed by atoms with Crippen LogP contribution in [0.4, 0.5) is 0 Å². The molecule has 27 heavy (non-hydrogen) atoms. The third-order valence-electron chi connectivity index (χ3n) is 4.05. The van der Waals surface area contributed by atoms with Crippen molar-refractivity contribution in [2.75, 3.05) is 39.8 Å².